The molecule has 0 aromatic rings. The van der Waals surface area contributed by atoms with Crippen LogP contribution >= 0.6 is 0 Å². The maximum atomic E-state index is 12.4. The van der Waals surface area contributed by atoms with Crippen LogP contribution in [0.2, 0.25) is 0 Å². The number of nitrogens with zero attached hydrogens (tertiary/aromatic N) is 2. The molecule has 0 aromatic heterocycles. The predicted octanol–water partition coefficient (Wildman–Crippen LogP) is 1.59. The van der Waals surface area contributed by atoms with Crippen LogP contribution in [0.15, 0.2) is 16.8 Å². The van der Waals surface area contributed by atoms with E-state index in [1.807, 2.05) is 0 Å². The lowest BCUT2D eigenvalue weighted by atomic mass is 10.4. The van der Waals surface area contributed by atoms with Crippen molar-refractivity contribution in [1.82, 2.24) is 4.90 Å². The van der Waals surface area contributed by atoms with Gasteiger partial charge in [-0.1, -0.05) is 0 Å². The molecule has 0 amide bonds. The summed E-state index contributed by atoms with van der Waals surface area (Å²) in [6.45, 7) is 1.51. The number of esters is 1. The quantitative estimate of drug-likeness (QED) is 0.323. The highest BCUT2D eigenvalue weighted by Crippen LogP contribution is 2.26. The third-order valence-electron chi connectivity index (χ3n) is 1.26. The van der Waals surface area contributed by atoms with Gasteiger partial charge in [-0.15, -0.1) is 0 Å². The Morgan fingerprint density at radius 3 is 2.38 bits per heavy atom. The van der Waals surface area contributed by atoms with Crippen LogP contribution < -0.4 is 0 Å². The smallest absolute Gasteiger partial charge is 0.433 e. The normalized spacial score (nSPS) is 13.0. The molecule has 92 valence electrons. The summed E-state index contributed by atoms with van der Waals surface area (Å²) in [5, 5.41) is 0. The monoisotopic (exact) mass is 238 g/mol. The molecule has 0 spiro atoms. The van der Waals surface area contributed by atoms with Crippen molar-refractivity contribution in [3.63, 3.8) is 0 Å². The van der Waals surface area contributed by atoms with Gasteiger partial charge in [0.1, 0.15) is 0 Å². The van der Waals surface area contributed by atoms with E-state index < -0.39 is 17.8 Å². The van der Waals surface area contributed by atoms with E-state index in [9.17, 15) is 18.0 Å². The number of alkyl halides is 3. The van der Waals surface area contributed by atoms with Crippen LogP contribution in [0.3, 0.4) is 0 Å². The van der Waals surface area contributed by atoms with Gasteiger partial charge in [-0.2, -0.15) is 13.2 Å². The number of hydrogen-bond acceptors (Lipinski definition) is 3. The molecule has 0 aliphatic rings. The molecule has 0 N–H and O–H groups in total. The molecule has 0 saturated heterocycles. The zero-order valence-electron chi connectivity index (χ0n) is 9.21. The first-order valence-corrected chi connectivity index (χ1v) is 4.43. The van der Waals surface area contributed by atoms with E-state index in [4.69, 9.17) is 0 Å². The molecule has 4 nitrogen and oxygen atoms in total. The molecule has 0 radical (unpaired) electrons. The van der Waals surface area contributed by atoms with Gasteiger partial charge < -0.3 is 9.64 Å². The number of carbonyl (C=O) groups is 1. The Labute approximate surface area is 91.4 Å². The molecule has 0 heterocycles. The van der Waals surface area contributed by atoms with Gasteiger partial charge in [0, 0.05) is 14.1 Å². The van der Waals surface area contributed by atoms with Crippen LogP contribution in [-0.4, -0.2) is 44.1 Å². The van der Waals surface area contributed by atoms with Crippen LogP contribution in [0.5, 0.6) is 0 Å². The van der Waals surface area contributed by atoms with Gasteiger partial charge in [0.25, 0.3) is 0 Å². The molecule has 0 bridgehead atoms. The maximum absolute atomic E-state index is 12.4. The first-order chi connectivity index (χ1) is 7.27. The molecular weight excluding hydrogens is 225 g/mol. The lowest BCUT2D eigenvalue weighted by Crippen LogP contribution is -2.16. The second kappa shape index (κ2) is 6.14. The summed E-state index contributed by atoms with van der Waals surface area (Å²) in [5.74, 6) is -1.06. The average molecular weight is 238 g/mol. The highest BCUT2D eigenvalue weighted by Gasteiger charge is 2.34. The molecule has 16 heavy (non-hydrogen) atoms. The van der Waals surface area contributed by atoms with Crippen molar-refractivity contribution in [2.45, 2.75) is 13.1 Å². The van der Waals surface area contributed by atoms with Crippen molar-refractivity contribution >= 4 is 12.3 Å². The fourth-order valence-electron chi connectivity index (χ4n) is 0.666. The van der Waals surface area contributed by atoms with Crippen molar-refractivity contribution in [1.29, 1.82) is 0 Å². The molecule has 0 aliphatic carbocycles. The molecular formula is C9H13F3N2O2. The summed E-state index contributed by atoms with van der Waals surface area (Å²) >= 11 is 0. The second-order valence-electron chi connectivity index (χ2n) is 2.99. The first-order valence-electron chi connectivity index (χ1n) is 4.43. The number of aliphatic imine (C=N–C) groups is 1. The van der Waals surface area contributed by atoms with Crippen LogP contribution in [0.1, 0.15) is 6.92 Å². The van der Waals surface area contributed by atoms with Gasteiger partial charge in [0.2, 0.25) is 0 Å². The van der Waals surface area contributed by atoms with Gasteiger partial charge in [-0.05, 0) is 6.92 Å². The van der Waals surface area contributed by atoms with Gasteiger partial charge in [-0.3, -0.25) is 0 Å². The van der Waals surface area contributed by atoms with E-state index >= 15 is 0 Å². The lowest BCUT2D eigenvalue weighted by molar-refractivity contribution is -0.138. The minimum Gasteiger partial charge on any atom is -0.463 e. The standard InChI is InChI=1S/C9H13F3N2O2/c1-4-16-8(15)5-7(9(10,11)12)13-6-14(2)3/h5-6H,4H2,1-3H3/b7-5-,13-6?. The van der Waals surface area contributed by atoms with Crippen LogP contribution in [-0.2, 0) is 9.53 Å². The average Bonchev–Trinajstić information content (AvgIpc) is 2.10. The lowest BCUT2D eigenvalue weighted by Gasteiger charge is -2.08. The molecule has 7 heteroatoms. The van der Waals surface area contributed by atoms with Crippen LogP contribution in [0, 0.1) is 0 Å². The number of ether oxygens (including phenoxy) is 1. The number of halogens is 3. The van der Waals surface area contributed by atoms with Gasteiger partial charge >= 0.3 is 12.1 Å². The van der Waals surface area contributed by atoms with Crippen LogP contribution in [0.4, 0.5) is 13.2 Å². The van der Waals surface area contributed by atoms with E-state index in [2.05, 4.69) is 9.73 Å². The second-order valence-corrected chi connectivity index (χ2v) is 2.99. The molecule has 0 atom stereocenters. The summed E-state index contributed by atoms with van der Waals surface area (Å²) in [6, 6.07) is 0. The molecule has 0 saturated carbocycles. The molecule has 0 fully saturated rings. The van der Waals surface area contributed by atoms with E-state index in [-0.39, 0.29) is 6.61 Å². The minimum absolute atomic E-state index is 0.0118. The SMILES string of the molecule is CCOC(=O)/C=C(\N=CN(C)C)C(F)(F)F. The Kier molecular flexibility index (Phi) is 5.55. The predicted molar refractivity (Wildman–Crippen MR) is 53.0 cm³/mol. The largest absolute Gasteiger partial charge is 0.463 e. The Morgan fingerprint density at radius 1 is 1.44 bits per heavy atom. The van der Waals surface area contributed by atoms with Crippen molar-refractivity contribution in [2.75, 3.05) is 20.7 Å². The zero-order chi connectivity index (χ0) is 12.8. The summed E-state index contributed by atoms with van der Waals surface area (Å²) in [5.41, 5.74) is -1.29. The molecule has 0 unspecified atom stereocenters. The summed E-state index contributed by atoms with van der Waals surface area (Å²) < 4.78 is 41.5. The van der Waals surface area contributed by atoms with E-state index in [0.29, 0.717) is 6.08 Å². The number of rotatable bonds is 4. The number of hydrogen-bond donors (Lipinski definition) is 0. The van der Waals surface area contributed by atoms with Crippen molar-refractivity contribution in [2.24, 2.45) is 4.99 Å². The fourth-order valence-corrected chi connectivity index (χ4v) is 0.666. The first kappa shape index (κ1) is 14.5. The molecule has 0 aliphatic heterocycles. The van der Waals surface area contributed by atoms with Crippen molar-refractivity contribution in [3.05, 3.63) is 11.8 Å². The Morgan fingerprint density at radius 2 is 2.00 bits per heavy atom. The number of allylic oxidation sites excluding steroid dienone is 1. The Bertz CT molecular complexity index is 296. The Balaban J connectivity index is 4.89. The molecule has 0 rings (SSSR count). The fraction of sp³-hybridized carbons (Fsp3) is 0.556. The zero-order valence-corrected chi connectivity index (χ0v) is 9.21. The van der Waals surface area contributed by atoms with Gasteiger partial charge in [0.05, 0.1) is 19.0 Å². The topological polar surface area (TPSA) is 41.9 Å². The Hall–Kier alpha value is -1.53. The third-order valence-corrected chi connectivity index (χ3v) is 1.26. The summed E-state index contributed by atoms with van der Waals surface area (Å²) in [4.78, 5) is 15.3. The van der Waals surface area contributed by atoms with Crippen molar-refractivity contribution < 1.29 is 22.7 Å². The highest BCUT2D eigenvalue weighted by molar-refractivity contribution is 5.83. The van der Waals surface area contributed by atoms with E-state index in [1.165, 1.54) is 25.9 Å². The summed E-state index contributed by atoms with van der Waals surface area (Å²) in [7, 11) is 3.03. The van der Waals surface area contributed by atoms with Gasteiger partial charge in [0.15, 0.2) is 5.70 Å². The van der Waals surface area contributed by atoms with Crippen molar-refractivity contribution in [3.8, 4) is 0 Å². The third kappa shape index (κ3) is 6.05. The summed E-state index contributed by atoms with van der Waals surface area (Å²) in [6.07, 6.45) is -3.40. The minimum atomic E-state index is -4.68. The highest BCUT2D eigenvalue weighted by atomic mass is 19.4. The molecule has 0 aromatic carbocycles. The maximum Gasteiger partial charge on any atom is 0.433 e. The number of carbonyl (C=O) groups excluding carboxylic acids is 1. The van der Waals surface area contributed by atoms with E-state index in [0.717, 1.165) is 6.34 Å². The van der Waals surface area contributed by atoms with Gasteiger partial charge in [-0.25, -0.2) is 9.79 Å². The van der Waals surface area contributed by atoms with E-state index in [1.54, 1.807) is 0 Å². The van der Waals surface area contributed by atoms with Crippen LogP contribution in [0.25, 0.3) is 0 Å².